The standard InChI is InChI=1S/C14H12BrN3OS/c1-19-12-7-9(3-4-10(12)15)17-14-18-11-5-2-8(16)6-13(11)20-14/h2-7H,16H2,1H3,(H,17,18). The average Bonchev–Trinajstić information content (AvgIpc) is 2.82. The fraction of sp³-hybridized carbons (Fsp3) is 0.0714. The maximum Gasteiger partial charge on any atom is 0.188 e. The first-order chi connectivity index (χ1) is 9.65. The van der Waals surface area contributed by atoms with Gasteiger partial charge in [-0.1, -0.05) is 11.3 Å². The molecule has 1 heterocycles. The van der Waals surface area contributed by atoms with Gasteiger partial charge in [0.2, 0.25) is 0 Å². The minimum atomic E-state index is 0.748. The number of hydrogen-bond donors (Lipinski definition) is 2. The number of rotatable bonds is 3. The summed E-state index contributed by atoms with van der Waals surface area (Å²) in [6.45, 7) is 0. The van der Waals surface area contributed by atoms with Crippen molar-refractivity contribution in [1.82, 2.24) is 4.98 Å². The van der Waals surface area contributed by atoms with Crippen LogP contribution in [0.3, 0.4) is 0 Å². The van der Waals surface area contributed by atoms with Gasteiger partial charge in [-0.25, -0.2) is 4.98 Å². The number of methoxy groups -OCH3 is 1. The summed E-state index contributed by atoms with van der Waals surface area (Å²) in [7, 11) is 1.64. The van der Waals surface area contributed by atoms with Crippen LogP contribution in [0.5, 0.6) is 5.75 Å². The molecule has 0 radical (unpaired) electrons. The summed E-state index contributed by atoms with van der Waals surface area (Å²) in [4.78, 5) is 4.53. The number of halogens is 1. The molecule has 0 atom stereocenters. The van der Waals surface area contributed by atoms with Crippen molar-refractivity contribution in [2.24, 2.45) is 0 Å². The molecule has 102 valence electrons. The zero-order valence-electron chi connectivity index (χ0n) is 10.7. The summed E-state index contributed by atoms with van der Waals surface area (Å²) >= 11 is 5.00. The van der Waals surface area contributed by atoms with Gasteiger partial charge in [-0.15, -0.1) is 0 Å². The first-order valence-corrected chi connectivity index (χ1v) is 7.53. The predicted molar refractivity (Wildman–Crippen MR) is 88.0 cm³/mol. The predicted octanol–water partition coefficient (Wildman–Crippen LogP) is 4.39. The van der Waals surface area contributed by atoms with Crippen LogP contribution in [0.1, 0.15) is 0 Å². The van der Waals surface area contributed by atoms with Gasteiger partial charge in [-0.3, -0.25) is 0 Å². The van der Waals surface area contributed by atoms with E-state index in [2.05, 4.69) is 26.2 Å². The highest BCUT2D eigenvalue weighted by atomic mass is 79.9. The third-order valence-electron chi connectivity index (χ3n) is 2.81. The molecule has 0 aliphatic rings. The van der Waals surface area contributed by atoms with Gasteiger partial charge >= 0.3 is 0 Å². The maximum atomic E-state index is 5.78. The Morgan fingerprint density at radius 2 is 2.10 bits per heavy atom. The molecular formula is C14H12BrN3OS. The average molecular weight is 350 g/mol. The Labute approximate surface area is 128 Å². The first-order valence-electron chi connectivity index (χ1n) is 5.92. The number of fused-ring (bicyclic) bond motifs is 1. The quantitative estimate of drug-likeness (QED) is 0.688. The number of benzene rings is 2. The van der Waals surface area contributed by atoms with Gasteiger partial charge in [0.05, 0.1) is 21.8 Å². The Bertz CT molecular complexity index is 772. The van der Waals surface area contributed by atoms with Crippen molar-refractivity contribution in [3.63, 3.8) is 0 Å². The topological polar surface area (TPSA) is 60.2 Å². The molecule has 4 nitrogen and oxygen atoms in total. The maximum absolute atomic E-state index is 5.78. The van der Waals surface area contributed by atoms with E-state index in [1.54, 1.807) is 18.4 Å². The number of nitrogen functional groups attached to an aromatic ring is 1. The smallest absolute Gasteiger partial charge is 0.188 e. The third kappa shape index (κ3) is 2.57. The molecule has 6 heteroatoms. The lowest BCUT2D eigenvalue weighted by Crippen LogP contribution is -1.91. The van der Waals surface area contributed by atoms with Gasteiger partial charge in [0.25, 0.3) is 0 Å². The molecule has 0 bridgehead atoms. The van der Waals surface area contributed by atoms with E-state index < -0.39 is 0 Å². The van der Waals surface area contributed by atoms with Gasteiger partial charge in [0.15, 0.2) is 5.13 Å². The van der Waals surface area contributed by atoms with Crippen LogP contribution < -0.4 is 15.8 Å². The van der Waals surface area contributed by atoms with Gasteiger partial charge in [-0.2, -0.15) is 0 Å². The normalized spacial score (nSPS) is 10.7. The van der Waals surface area contributed by atoms with Crippen LogP contribution in [0, 0.1) is 0 Å². The molecular weight excluding hydrogens is 338 g/mol. The number of nitrogens with one attached hydrogen (secondary N) is 1. The summed E-state index contributed by atoms with van der Waals surface area (Å²) in [5.41, 5.74) is 8.39. The van der Waals surface area contributed by atoms with E-state index in [1.807, 2.05) is 36.4 Å². The molecule has 0 spiro atoms. The van der Waals surface area contributed by atoms with Crippen molar-refractivity contribution in [3.05, 3.63) is 40.9 Å². The molecule has 1 aromatic heterocycles. The van der Waals surface area contributed by atoms with Crippen molar-refractivity contribution in [3.8, 4) is 5.75 Å². The van der Waals surface area contributed by atoms with E-state index in [0.717, 1.165) is 36.9 Å². The number of nitrogens with zero attached hydrogens (tertiary/aromatic N) is 1. The van der Waals surface area contributed by atoms with Crippen LogP contribution in [0.2, 0.25) is 0 Å². The van der Waals surface area contributed by atoms with Crippen LogP contribution in [0.25, 0.3) is 10.2 Å². The second-order valence-electron chi connectivity index (χ2n) is 4.22. The molecule has 3 N–H and O–H groups in total. The molecule has 0 saturated heterocycles. The Balaban J connectivity index is 1.92. The molecule has 20 heavy (non-hydrogen) atoms. The lowest BCUT2D eigenvalue weighted by molar-refractivity contribution is 0.412. The van der Waals surface area contributed by atoms with E-state index >= 15 is 0 Å². The second kappa shape index (κ2) is 5.30. The lowest BCUT2D eigenvalue weighted by atomic mass is 10.3. The van der Waals surface area contributed by atoms with E-state index in [0.29, 0.717) is 0 Å². The molecule has 0 unspecified atom stereocenters. The molecule has 2 aromatic carbocycles. The van der Waals surface area contributed by atoms with Gasteiger partial charge in [0, 0.05) is 17.4 Å². The number of thiazole rings is 1. The molecule has 0 amide bonds. The highest BCUT2D eigenvalue weighted by Crippen LogP contribution is 2.32. The highest BCUT2D eigenvalue weighted by molar-refractivity contribution is 9.10. The monoisotopic (exact) mass is 349 g/mol. The summed E-state index contributed by atoms with van der Waals surface area (Å²) in [6, 6.07) is 11.5. The van der Waals surface area contributed by atoms with Crippen LogP contribution in [-0.4, -0.2) is 12.1 Å². The zero-order chi connectivity index (χ0) is 14.1. The minimum Gasteiger partial charge on any atom is -0.495 e. The van der Waals surface area contributed by atoms with Crippen LogP contribution >= 0.6 is 27.3 Å². The Morgan fingerprint density at radius 3 is 2.90 bits per heavy atom. The number of anilines is 3. The van der Waals surface area contributed by atoms with E-state index in [4.69, 9.17) is 10.5 Å². The number of nitrogens with two attached hydrogens (primary N) is 1. The Kier molecular flexibility index (Phi) is 3.50. The fourth-order valence-corrected chi connectivity index (χ4v) is 3.20. The van der Waals surface area contributed by atoms with Crippen LogP contribution in [0.15, 0.2) is 40.9 Å². The van der Waals surface area contributed by atoms with Crippen molar-refractivity contribution >= 4 is 54.0 Å². The van der Waals surface area contributed by atoms with Crippen molar-refractivity contribution in [2.45, 2.75) is 0 Å². The Hall–Kier alpha value is -1.79. The lowest BCUT2D eigenvalue weighted by Gasteiger charge is -2.07. The minimum absolute atomic E-state index is 0.748. The van der Waals surface area contributed by atoms with E-state index in [-0.39, 0.29) is 0 Å². The van der Waals surface area contributed by atoms with Crippen molar-refractivity contribution in [2.75, 3.05) is 18.2 Å². The zero-order valence-corrected chi connectivity index (χ0v) is 13.1. The number of hydrogen-bond acceptors (Lipinski definition) is 5. The molecule has 0 aliphatic heterocycles. The van der Waals surface area contributed by atoms with Gasteiger partial charge in [0.1, 0.15) is 5.75 Å². The largest absolute Gasteiger partial charge is 0.495 e. The molecule has 3 aromatic rings. The fourth-order valence-electron chi connectivity index (χ4n) is 1.86. The van der Waals surface area contributed by atoms with Gasteiger partial charge < -0.3 is 15.8 Å². The first kappa shape index (κ1) is 13.2. The molecule has 0 saturated carbocycles. The summed E-state index contributed by atoms with van der Waals surface area (Å²) in [6.07, 6.45) is 0. The highest BCUT2D eigenvalue weighted by Gasteiger charge is 2.06. The second-order valence-corrected chi connectivity index (χ2v) is 6.11. The molecule has 0 aliphatic carbocycles. The number of ether oxygens (including phenoxy) is 1. The van der Waals surface area contributed by atoms with Crippen LogP contribution in [0.4, 0.5) is 16.5 Å². The third-order valence-corrected chi connectivity index (χ3v) is 4.40. The Morgan fingerprint density at radius 1 is 1.25 bits per heavy atom. The van der Waals surface area contributed by atoms with Crippen LogP contribution in [-0.2, 0) is 0 Å². The van der Waals surface area contributed by atoms with Gasteiger partial charge in [-0.05, 0) is 46.3 Å². The summed E-state index contributed by atoms with van der Waals surface area (Å²) < 4.78 is 7.26. The SMILES string of the molecule is COc1cc(Nc2nc3ccc(N)cc3s2)ccc1Br. The molecule has 0 fully saturated rings. The van der Waals surface area contributed by atoms with Crippen molar-refractivity contribution in [1.29, 1.82) is 0 Å². The van der Waals surface area contributed by atoms with E-state index in [9.17, 15) is 0 Å². The summed E-state index contributed by atoms with van der Waals surface area (Å²) in [5.74, 6) is 0.778. The number of aromatic nitrogens is 1. The van der Waals surface area contributed by atoms with Crippen molar-refractivity contribution < 1.29 is 4.74 Å². The molecule has 3 rings (SSSR count). The summed E-state index contributed by atoms with van der Waals surface area (Å²) in [5, 5.41) is 4.11. The van der Waals surface area contributed by atoms with E-state index in [1.165, 1.54) is 0 Å².